The minimum atomic E-state index is -0.453. The van der Waals surface area contributed by atoms with Crippen LogP contribution in [0.5, 0.6) is 5.75 Å². The van der Waals surface area contributed by atoms with Crippen molar-refractivity contribution < 1.29 is 18.7 Å². The Morgan fingerprint density at radius 3 is 2.86 bits per heavy atom. The van der Waals surface area contributed by atoms with Gasteiger partial charge in [-0.2, -0.15) is 0 Å². The van der Waals surface area contributed by atoms with Gasteiger partial charge < -0.3 is 15.4 Å². The van der Waals surface area contributed by atoms with Gasteiger partial charge in [-0.25, -0.2) is 4.39 Å². The van der Waals surface area contributed by atoms with Crippen molar-refractivity contribution >= 4 is 11.8 Å². The van der Waals surface area contributed by atoms with Gasteiger partial charge in [0, 0.05) is 6.54 Å². The molecule has 0 unspecified atom stereocenters. The molecule has 0 saturated carbocycles. The van der Waals surface area contributed by atoms with Crippen LogP contribution < -0.4 is 15.4 Å². The van der Waals surface area contributed by atoms with Crippen molar-refractivity contribution in [3.63, 3.8) is 0 Å². The maximum Gasteiger partial charge on any atom is 0.242 e. The first-order chi connectivity index (χ1) is 10.1. The Kier molecular flexibility index (Phi) is 5.54. The van der Waals surface area contributed by atoms with Crippen LogP contribution in [0.4, 0.5) is 4.39 Å². The zero-order chi connectivity index (χ0) is 15.1. The zero-order valence-electron chi connectivity index (χ0n) is 11.7. The lowest BCUT2D eigenvalue weighted by Crippen LogP contribution is -2.45. The number of hydrogen-bond acceptors (Lipinski definition) is 3. The third-order valence-electron chi connectivity index (χ3n) is 3.28. The normalized spacial score (nSPS) is 18.5. The molecule has 6 heteroatoms. The monoisotopic (exact) mass is 294 g/mol. The Morgan fingerprint density at radius 2 is 2.10 bits per heavy atom. The first kappa shape index (κ1) is 15.3. The van der Waals surface area contributed by atoms with Gasteiger partial charge in [-0.1, -0.05) is 0 Å². The molecule has 1 aliphatic heterocycles. The van der Waals surface area contributed by atoms with Gasteiger partial charge in [0.05, 0.1) is 13.0 Å². The third-order valence-corrected chi connectivity index (χ3v) is 3.28. The third kappa shape index (κ3) is 5.06. The van der Waals surface area contributed by atoms with Crippen LogP contribution >= 0.6 is 0 Å². The Labute approximate surface area is 122 Å². The first-order valence-corrected chi connectivity index (χ1v) is 7.10. The van der Waals surface area contributed by atoms with Crippen LogP contribution in [0, 0.1) is 5.82 Å². The van der Waals surface area contributed by atoms with Crippen molar-refractivity contribution in [1.29, 1.82) is 0 Å². The van der Waals surface area contributed by atoms with Crippen molar-refractivity contribution in [1.82, 2.24) is 10.6 Å². The Bertz CT molecular complexity index is 490. The highest BCUT2D eigenvalue weighted by Crippen LogP contribution is 2.11. The van der Waals surface area contributed by atoms with E-state index in [1.165, 1.54) is 24.3 Å². The van der Waals surface area contributed by atoms with Crippen molar-refractivity contribution in [2.45, 2.75) is 31.7 Å². The summed E-state index contributed by atoms with van der Waals surface area (Å²) in [6.07, 6.45) is 2.67. The molecule has 0 spiro atoms. The predicted molar refractivity (Wildman–Crippen MR) is 75.3 cm³/mol. The molecule has 0 aromatic heterocycles. The zero-order valence-corrected chi connectivity index (χ0v) is 11.7. The van der Waals surface area contributed by atoms with Gasteiger partial charge in [0.15, 0.2) is 0 Å². The van der Waals surface area contributed by atoms with E-state index in [-0.39, 0.29) is 30.7 Å². The molecule has 0 bridgehead atoms. The average molecular weight is 294 g/mol. The van der Waals surface area contributed by atoms with Crippen LogP contribution in [0.3, 0.4) is 0 Å². The SMILES string of the molecule is O=C(CCOc1ccc(F)cc1)N[C@H]1CCCCNC1=O. The molecule has 5 nitrogen and oxygen atoms in total. The Morgan fingerprint density at radius 1 is 1.33 bits per heavy atom. The van der Waals surface area contributed by atoms with Crippen LogP contribution in [0.2, 0.25) is 0 Å². The van der Waals surface area contributed by atoms with Gasteiger partial charge in [-0.15, -0.1) is 0 Å². The van der Waals surface area contributed by atoms with E-state index < -0.39 is 6.04 Å². The van der Waals surface area contributed by atoms with E-state index in [4.69, 9.17) is 4.74 Å². The lowest BCUT2D eigenvalue weighted by molar-refractivity contribution is -0.129. The van der Waals surface area contributed by atoms with E-state index in [2.05, 4.69) is 10.6 Å². The van der Waals surface area contributed by atoms with E-state index in [1.807, 2.05) is 0 Å². The number of ether oxygens (including phenoxy) is 1. The van der Waals surface area contributed by atoms with Gasteiger partial charge in [-0.05, 0) is 43.5 Å². The molecule has 2 N–H and O–H groups in total. The van der Waals surface area contributed by atoms with E-state index in [9.17, 15) is 14.0 Å². The number of benzene rings is 1. The summed E-state index contributed by atoms with van der Waals surface area (Å²) in [5.74, 6) is -0.171. The van der Waals surface area contributed by atoms with Crippen molar-refractivity contribution in [3.05, 3.63) is 30.1 Å². The molecule has 0 radical (unpaired) electrons. The molecule has 1 aliphatic rings. The lowest BCUT2D eigenvalue weighted by Gasteiger charge is -2.15. The molecular weight excluding hydrogens is 275 g/mol. The van der Waals surface area contributed by atoms with E-state index in [0.29, 0.717) is 18.7 Å². The van der Waals surface area contributed by atoms with Crippen LogP contribution in [0.1, 0.15) is 25.7 Å². The fourth-order valence-electron chi connectivity index (χ4n) is 2.14. The van der Waals surface area contributed by atoms with Crippen LogP contribution in [0.25, 0.3) is 0 Å². The fourth-order valence-corrected chi connectivity index (χ4v) is 2.14. The quantitative estimate of drug-likeness (QED) is 0.862. The summed E-state index contributed by atoms with van der Waals surface area (Å²) in [5.41, 5.74) is 0. The summed E-state index contributed by atoms with van der Waals surface area (Å²) in [7, 11) is 0. The Hall–Kier alpha value is -2.11. The van der Waals surface area contributed by atoms with Crippen LogP contribution in [-0.4, -0.2) is 31.0 Å². The lowest BCUT2D eigenvalue weighted by atomic mass is 10.1. The predicted octanol–water partition coefficient (Wildman–Crippen LogP) is 1.38. The fraction of sp³-hybridized carbons (Fsp3) is 0.467. The number of hydrogen-bond donors (Lipinski definition) is 2. The molecule has 2 amide bonds. The van der Waals surface area contributed by atoms with Crippen LogP contribution in [0.15, 0.2) is 24.3 Å². The number of carbonyl (C=O) groups excluding carboxylic acids is 2. The Balaban J connectivity index is 1.71. The topological polar surface area (TPSA) is 67.4 Å². The molecule has 1 aromatic carbocycles. The molecule has 2 rings (SSSR count). The molecule has 0 aliphatic carbocycles. The number of carbonyl (C=O) groups is 2. The minimum absolute atomic E-state index is 0.125. The molecule has 1 saturated heterocycles. The molecular formula is C15H19FN2O3. The highest BCUT2D eigenvalue weighted by Gasteiger charge is 2.21. The van der Waals surface area contributed by atoms with Gasteiger partial charge >= 0.3 is 0 Å². The number of rotatable bonds is 5. The summed E-state index contributed by atoms with van der Waals surface area (Å²) in [6, 6.07) is 5.15. The maximum atomic E-state index is 12.7. The number of halogens is 1. The number of nitrogens with one attached hydrogen (secondary N) is 2. The van der Waals surface area contributed by atoms with Crippen LogP contribution in [-0.2, 0) is 9.59 Å². The van der Waals surface area contributed by atoms with Crippen molar-refractivity contribution in [2.24, 2.45) is 0 Å². The second kappa shape index (κ2) is 7.61. The molecule has 21 heavy (non-hydrogen) atoms. The van der Waals surface area contributed by atoms with E-state index >= 15 is 0 Å². The molecule has 1 fully saturated rings. The van der Waals surface area contributed by atoms with E-state index in [1.54, 1.807) is 0 Å². The summed E-state index contributed by atoms with van der Waals surface area (Å²) in [6.45, 7) is 0.852. The largest absolute Gasteiger partial charge is 0.493 e. The summed E-state index contributed by atoms with van der Waals surface area (Å²) in [4.78, 5) is 23.5. The average Bonchev–Trinajstić information content (AvgIpc) is 2.66. The number of amides is 2. The summed E-state index contributed by atoms with van der Waals surface area (Å²) < 4.78 is 18.1. The highest BCUT2D eigenvalue weighted by molar-refractivity contribution is 5.87. The molecule has 1 aromatic rings. The molecule has 1 heterocycles. The summed E-state index contributed by atoms with van der Waals surface area (Å²) in [5, 5.41) is 5.48. The first-order valence-electron chi connectivity index (χ1n) is 7.10. The highest BCUT2D eigenvalue weighted by atomic mass is 19.1. The molecule has 1 atom stereocenters. The second-order valence-electron chi connectivity index (χ2n) is 4.96. The second-order valence-corrected chi connectivity index (χ2v) is 4.96. The van der Waals surface area contributed by atoms with Gasteiger partial charge in [0.1, 0.15) is 17.6 Å². The van der Waals surface area contributed by atoms with Gasteiger partial charge in [0.2, 0.25) is 11.8 Å². The van der Waals surface area contributed by atoms with Gasteiger partial charge in [-0.3, -0.25) is 9.59 Å². The maximum absolute atomic E-state index is 12.7. The van der Waals surface area contributed by atoms with Gasteiger partial charge in [0.25, 0.3) is 0 Å². The van der Waals surface area contributed by atoms with E-state index in [0.717, 1.165) is 12.8 Å². The molecule has 114 valence electrons. The summed E-state index contributed by atoms with van der Waals surface area (Å²) >= 11 is 0. The van der Waals surface area contributed by atoms with Crippen molar-refractivity contribution in [3.8, 4) is 5.75 Å². The standard InChI is InChI=1S/C15H19FN2O3/c16-11-4-6-12(7-5-11)21-10-8-14(19)18-13-3-1-2-9-17-15(13)20/h4-7,13H,1-3,8-10H2,(H,17,20)(H,18,19)/t13-/m0/s1. The smallest absolute Gasteiger partial charge is 0.242 e. The van der Waals surface area contributed by atoms with Crippen molar-refractivity contribution in [2.75, 3.05) is 13.2 Å². The minimum Gasteiger partial charge on any atom is -0.493 e.